The SMILES string of the molecule is CC(=O)Nc1ccc(S(=O)(=O)N(c2ccccc2)C(C)c2cccnc2)cc1. The first-order valence-electron chi connectivity index (χ1n) is 8.76. The van der Waals surface area contributed by atoms with Crippen LogP contribution in [0.4, 0.5) is 11.4 Å². The number of hydrogen-bond donors (Lipinski definition) is 1. The van der Waals surface area contributed by atoms with E-state index in [1.807, 2.05) is 19.1 Å². The van der Waals surface area contributed by atoms with Gasteiger partial charge in [-0.1, -0.05) is 24.3 Å². The Morgan fingerprint density at radius 3 is 2.25 bits per heavy atom. The summed E-state index contributed by atoms with van der Waals surface area (Å²) in [5.41, 5.74) is 1.88. The summed E-state index contributed by atoms with van der Waals surface area (Å²) in [6.45, 7) is 3.23. The number of nitrogens with one attached hydrogen (secondary N) is 1. The molecule has 0 aliphatic carbocycles. The zero-order valence-corrected chi connectivity index (χ0v) is 16.4. The lowest BCUT2D eigenvalue weighted by Gasteiger charge is -2.30. The zero-order valence-electron chi connectivity index (χ0n) is 15.6. The molecule has 144 valence electrons. The third-order valence-corrected chi connectivity index (χ3v) is 6.17. The van der Waals surface area contributed by atoms with Crippen molar-refractivity contribution in [1.29, 1.82) is 0 Å². The minimum absolute atomic E-state index is 0.140. The van der Waals surface area contributed by atoms with Gasteiger partial charge in [0.15, 0.2) is 0 Å². The van der Waals surface area contributed by atoms with Gasteiger partial charge in [0.1, 0.15) is 0 Å². The van der Waals surface area contributed by atoms with Crippen LogP contribution in [0.3, 0.4) is 0 Å². The van der Waals surface area contributed by atoms with Crippen molar-refractivity contribution in [3.05, 3.63) is 84.7 Å². The maximum Gasteiger partial charge on any atom is 0.264 e. The van der Waals surface area contributed by atoms with E-state index in [1.165, 1.54) is 23.4 Å². The van der Waals surface area contributed by atoms with Crippen molar-refractivity contribution in [2.24, 2.45) is 0 Å². The number of rotatable bonds is 6. The minimum Gasteiger partial charge on any atom is -0.326 e. The summed E-state index contributed by atoms with van der Waals surface area (Å²) in [4.78, 5) is 15.4. The van der Waals surface area contributed by atoms with Crippen LogP contribution < -0.4 is 9.62 Å². The molecule has 0 saturated carbocycles. The van der Waals surface area contributed by atoms with Crippen LogP contribution in [0.2, 0.25) is 0 Å². The summed E-state index contributed by atoms with van der Waals surface area (Å²) in [5.74, 6) is -0.216. The molecule has 0 aliphatic heterocycles. The van der Waals surface area contributed by atoms with E-state index in [-0.39, 0.29) is 10.8 Å². The van der Waals surface area contributed by atoms with Crippen molar-refractivity contribution < 1.29 is 13.2 Å². The van der Waals surface area contributed by atoms with E-state index >= 15 is 0 Å². The monoisotopic (exact) mass is 395 g/mol. The normalized spacial score (nSPS) is 12.2. The molecule has 2 aromatic carbocycles. The third-order valence-electron chi connectivity index (χ3n) is 4.26. The van der Waals surface area contributed by atoms with Gasteiger partial charge in [0.2, 0.25) is 5.91 Å². The molecule has 1 heterocycles. The highest BCUT2D eigenvalue weighted by Gasteiger charge is 2.30. The molecule has 0 spiro atoms. The molecule has 1 aromatic heterocycles. The molecule has 0 aliphatic rings. The molecule has 3 rings (SSSR count). The van der Waals surface area contributed by atoms with Gasteiger partial charge in [-0.25, -0.2) is 8.42 Å². The van der Waals surface area contributed by atoms with Gasteiger partial charge >= 0.3 is 0 Å². The second kappa shape index (κ2) is 8.22. The molecule has 28 heavy (non-hydrogen) atoms. The van der Waals surface area contributed by atoms with Crippen LogP contribution in [-0.2, 0) is 14.8 Å². The Bertz CT molecular complexity index is 1040. The number of para-hydroxylation sites is 1. The molecule has 7 heteroatoms. The molecule has 1 atom stereocenters. The van der Waals surface area contributed by atoms with Crippen LogP contribution in [0.5, 0.6) is 0 Å². The van der Waals surface area contributed by atoms with Gasteiger partial charge in [-0.15, -0.1) is 0 Å². The number of pyridine rings is 1. The van der Waals surface area contributed by atoms with Crippen molar-refractivity contribution in [2.45, 2.75) is 24.8 Å². The maximum atomic E-state index is 13.5. The summed E-state index contributed by atoms with van der Waals surface area (Å²) in [6.07, 6.45) is 3.31. The molecule has 1 N–H and O–H groups in total. The minimum atomic E-state index is -3.85. The number of sulfonamides is 1. The first-order valence-corrected chi connectivity index (χ1v) is 10.2. The van der Waals surface area contributed by atoms with Gasteiger partial charge < -0.3 is 5.32 Å². The number of carbonyl (C=O) groups is 1. The zero-order chi connectivity index (χ0) is 20.1. The van der Waals surface area contributed by atoms with Crippen molar-refractivity contribution in [2.75, 3.05) is 9.62 Å². The van der Waals surface area contributed by atoms with Crippen LogP contribution in [-0.4, -0.2) is 19.3 Å². The molecule has 0 saturated heterocycles. The van der Waals surface area contributed by atoms with Gasteiger partial charge in [-0.05, 0) is 55.0 Å². The lowest BCUT2D eigenvalue weighted by atomic mass is 10.1. The Balaban J connectivity index is 2.05. The number of anilines is 2. The second-order valence-electron chi connectivity index (χ2n) is 6.30. The van der Waals surface area contributed by atoms with Crippen molar-refractivity contribution in [3.8, 4) is 0 Å². The molecule has 0 bridgehead atoms. The first-order chi connectivity index (χ1) is 13.4. The Hall–Kier alpha value is -3.19. The summed E-state index contributed by atoms with van der Waals surface area (Å²) in [5, 5.41) is 2.64. The van der Waals surface area contributed by atoms with E-state index < -0.39 is 16.1 Å². The van der Waals surface area contributed by atoms with Crippen molar-refractivity contribution >= 4 is 27.3 Å². The number of amides is 1. The van der Waals surface area contributed by atoms with Crippen LogP contribution >= 0.6 is 0 Å². The second-order valence-corrected chi connectivity index (χ2v) is 8.12. The largest absolute Gasteiger partial charge is 0.326 e. The number of aromatic nitrogens is 1. The topological polar surface area (TPSA) is 79.4 Å². The molecular weight excluding hydrogens is 374 g/mol. The van der Waals surface area contributed by atoms with Gasteiger partial charge in [0.25, 0.3) is 10.0 Å². The molecule has 0 fully saturated rings. The summed E-state index contributed by atoms with van der Waals surface area (Å²) >= 11 is 0. The highest BCUT2D eigenvalue weighted by molar-refractivity contribution is 7.92. The fourth-order valence-corrected chi connectivity index (χ4v) is 4.58. The van der Waals surface area contributed by atoms with Crippen LogP contribution in [0.15, 0.2) is 84.0 Å². The Morgan fingerprint density at radius 1 is 1.00 bits per heavy atom. The summed E-state index contributed by atoms with van der Waals surface area (Å²) < 4.78 is 28.4. The predicted molar refractivity (Wildman–Crippen MR) is 110 cm³/mol. The highest BCUT2D eigenvalue weighted by atomic mass is 32.2. The quantitative estimate of drug-likeness (QED) is 0.684. The predicted octanol–water partition coefficient (Wildman–Crippen LogP) is 4.00. The Labute approximate surface area is 164 Å². The van der Waals surface area contributed by atoms with Gasteiger partial charge in [0.05, 0.1) is 16.6 Å². The number of nitrogens with zero attached hydrogens (tertiary/aromatic N) is 2. The van der Waals surface area contributed by atoms with E-state index in [0.29, 0.717) is 11.4 Å². The van der Waals surface area contributed by atoms with E-state index in [9.17, 15) is 13.2 Å². The van der Waals surface area contributed by atoms with Crippen molar-refractivity contribution in [1.82, 2.24) is 4.98 Å². The number of carbonyl (C=O) groups excluding carboxylic acids is 1. The van der Waals surface area contributed by atoms with Crippen molar-refractivity contribution in [3.63, 3.8) is 0 Å². The van der Waals surface area contributed by atoms with Crippen LogP contribution in [0, 0.1) is 0 Å². The fraction of sp³-hybridized carbons (Fsp3) is 0.143. The molecule has 3 aromatic rings. The third kappa shape index (κ3) is 4.20. The molecule has 1 amide bonds. The van der Waals surface area contributed by atoms with Gasteiger partial charge in [0, 0.05) is 25.0 Å². The van der Waals surface area contributed by atoms with E-state index in [4.69, 9.17) is 0 Å². The average molecular weight is 395 g/mol. The summed E-state index contributed by atoms with van der Waals surface area (Å²) in [6, 6.07) is 18.3. The number of hydrogen-bond acceptors (Lipinski definition) is 4. The number of benzene rings is 2. The standard InChI is InChI=1S/C21H21N3O3S/c1-16(18-7-6-14-22-15-18)24(20-8-4-3-5-9-20)28(26,27)21-12-10-19(11-13-21)23-17(2)25/h3-16H,1-2H3,(H,23,25). The average Bonchev–Trinajstić information content (AvgIpc) is 2.69. The lowest BCUT2D eigenvalue weighted by molar-refractivity contribution is -0.114. The smallest absolute Gasteiger partial charge is 0.264 e. The highest BCUT2D eigenvalue weighted by Crippen LogP contribution is 2.33. The van der Waals surface area contributed by atoms with Crippen LogP contribution in [0.25, 0.3) is 0 Å². The van der Waals surface area contributed by atoms with Gasteiger partial charge in [-0.3, -0.25) is 14.1 Å². The molecular formula is C21H21N3O3S. The van der Waals surface area contributed by atoms with E-state index in [0.717, 1.165) is 5.56 Å². The van der Waals surface area contributed by atoms with E-state index in [2.05, 4.69) is 10.3 Å². The lowest BCUT2D eigenvalue weighted by Crippen LogP contribution is -2.33. The Morgan fingerprint density at radius 2 is 1.68 bits per heavy atom. The van der Waals surface area contributed by atoms with Gasteiger partial charge in [-0.2, -0.15) is 0 Å². The Kier molecular flexibility index (Phi) is 5.75. The molecule has 1 unspecified atom stereocenters. The first kappa shape index (κ1) is 19.6. The van der Waals surface area contributed by atoms with Crippen LogP contribution in [0.1, 0.15) is 25.5 Å². The van der Waals surface area contributed by atoms with E-state index in [1.54, 1.807) is 54.9 Å². The summed E-state index contributed by atoms with van der Waals surface area (Å²) in [7, 11) is -3.85. The molecule has 0 radical (unpaired) electrons. The maximum absolute atomic E-state index is 13.5. The fourth-order valence-electron chi connectivity index (χ4n) is 2.93. The molecule has 6 nitrogen and oxygen atoms in total.